The quantitative estimate of drug-likeness (QED) is 0.260. The van der Waals surface area contributed by atoms with E-state index >= 15 is 0 Å². The molecule has 0 spiro atoms. The first kappa shape index (κ1) is 20.0. The fourth-order valence-corrected chi connectivity index (χ4v) is 4.60. The molecule has 5 aromatic rings. The predicted molar refractivity (Wildman–Crippen MR) is 139 cm³/mol. The Balaban J connectivity index is 1.59. The van der Waals surface area contributed by atoms with Gasteiger partial charge in [0, 0.05) is 8.96 Å². The van der Waals surface area contributed by atoms with Crippen molar-refractivity contribution in [3.63, 3.8) is 0 Å². The predicted octanol–water partition coefficient (Wildman–Crippen LogP) is 6.04. The topological polar surface area (TPSA) is 53.4 Å². The number of ether oxygens (including phenoxy) is 2. The molecule has 6 heteroatoms. The third-order valence-electron chi connectivity index (χ3n) is 5.69. The minimum atomic E-state index is -0.0970. The van der Waals surface area contributed by atoms with Crippen LogP contribution in [0.1, 0.15) is 11.4 Å². The molecule has 1 aromatic heterocycles. The normalized spacial score (nSPS) is 12.8. The van der Waals surface area contributed by atoms with Gasteiger partial charge in [-0.3, -0.25) is 9.36 Å². The molecular formula is C27H17IN2O3. The highest BCUT2D eigenvalue weighted by Crippen LogP contribution is 2.33. The third kappa shape index (κ3) is 3.56. The summed E-state index contributed by atoms with van der Waals surface area (Å²) in [6.07, 6.45) is 3.81. The van der Waals surface area contributed by atoms with Crippen LogP contribution in [0, 0.1) is 3.57 Å². The van der Waals surface area contributed by atoms with Crippen LogP contribution in [0.3, 0.4) is 0 Å². The number of hydrogen-bond acceptors (Lipinski definition) is 4. The Morgan fingerprint density at radius 1 is 0.848 bits per heavy atom. The first-order valence-electron chi connectivity index (χ1n) is 10.5. The smallest absolute Gasteiger partial charge is 0.266 e. The monoisotopic (exact) mass is 544 g/mol. The molecule has 1 aliphatic heterocycles. The van der Waals surface area contributed by atoms with E-state index in [0.29, 0.717) is 22.5 Å². The summed E-state index contributed by atoms with van der Waals surface area (Å²) in [5, 5.41) is 2.65. The molecule has 0 saturated carbocycles. The summed E-state index contributed by atoms with van der Waals surface area (Å²) < 4.78 is 13.6. The molecule has 0 N–H and O–H groups in total. The summed E-state index contributed by atoms with van der Waals surface area (Å²) in [7, 11) is 0. The first-order chi connectivity index (χ1) is 16.2. The lowest BCUT2D eigenvalue weighted by Crippen LogP contribution is -2.22. The minimum Gasteiger partial charge on any atom is -0.454 e. The standard InChI is InChI=1S/C27H17IN2O3/c28-19-10-11-22-21(15-19)27(31)30(23-7-3-5-18-4-1-2-6-20(18)23)26(29-22)13-9-17-8-12-24-25(14-17)33-16-32-24/h1-15H,16H2/b13-9+. The molecule has 5 nitrogen and oxygen atoms in total. The van der Waals surface area contributed by atoms with Crippen LogP contribution in [0.25, 0.3) is 39.5 Å². The van der Waals surface area contributed by atoms with Crippen molar-refractivity contribution in [3.8, 4) is 17.2 Å². The van der Waals surface area contributed by atoms with Crippen molar-refractivity contribution >= 4 is 56.4 Å². The molecule has 0 bridgehead atoms. The van der Waals surface area contributed by atoms with Crippen LogP contribution < -0.4 is 15.0 Å². The Hall–Kier alpha value is -3.65. The fourth-order valence-electron chi connectivity index (χ4n) is 4.11. The van der Waals surface area contributed by atoms with Crippen molar-refractivity contribution in [2.24, 2.45) is 0 Å². The molecule has 2 heterocycles. The highest BCUT2D eigenvalue weighted by molar-refractivity contribution is 14.1. The second-order valence-electron chi connectivity index (χ2n) is 7.72. The van der Waals surface area contributed by atoms with Crippen molar-refractivity contribution in [2.45, 2.75) is 0 Å². The maximum atomic E-state index is 13.8. The van der Waals surface area contributed by atoms with Gasteiger partial charge in [-0.05, 0) is 76.0 Å². The van der Waals surface area contributed by atoms with Crippen LogP contribution in [0.15, 0.2) is 83.7 Å². The largest absolute Gasteiger partial charge is 0.454 e. The van der Waals surface area contributed by atoms with Gasteiger partial charge in [-0.1, -0.05) is 48.5 Å². The number of rotatable bonds is 3. The van der Waals surface area contributed by atoms with E-state index in [0.717, 1.165) is 31.3 Å². The molecule has 33 heavy (non-hydrogen) atoms. The van der Waals surface area contributed by atoms with Gasteiger partial charge >= 0.3 is 0 Å². The Kier molecular flexibility index (Phi) is 4.87. The SMILES string of the molecule is O=c1c2cc(I)ccc2nc(/C=C/c2ccc3c(c2)OCO3)n1-c1cccc2ccccc12. The molecular weight excluding hydrogens is 527 g/mol. The average Bonchev–Trinajstić information content (AvgIpc) is 3.31. The van der Waals surface area contributed by atoms with Crippen LogP contribution in [0.4, 0.5) is 0 Å². The molecule has 160 valence electrons. The Bertz CT molecular complexity index is 1630. The van der Waals surface area contributed by atoms with Gasteiger partial charge in [0.15, 0.2) is 11.5 Å². The van der Waals surface area contributed by atoms with Crippen molar-refractivity contribution in [3.05, 3.63) is 104 Å². The van der Waals surface area contributed by atoms with E-state index in [4.69, 9.17) is 14.5 Å². The van der Waals surface area contributed by atoms with Gasteiger partial charge in [-0.15, -0.1) is 0 Å². The maximum absolute atomic E-state index is 13.8. The van der Waals surface area contributed by atoms with Crippen molar-refractivity contribution in [1.82, 2.24) is 9.55 Å². The lowest BCUT2D eigenvalue weighted by atomic mass is 10.1. The summed E-state index contributed by atoms with van der Waals surface area (Å²) in [5.74, 6) is 2.01. The zero-order chi connectivity index (χ0) is 22.4. The highest BCUT2D eigenvalue weighted by Gasteiger charge is 2.15. The molecule has 4 aromatic carbocycles. The van der Waals surface area contributed by atoms with E-state index in [9.17, 15) is 4.79 Å². The number of halogens is 1. The fraction of sp³-hybridized carbons (Fsp3) is 0.0370. The number of benzene rings is 4. The highest BCUT2D eigenvalue weighted by atomic mass is 127. The van der Waals surface area contributed by atoms with Crippen LogP contribution in [0.5, 0.6) is 11.5 Å². The summed E-state index contributed by atoms with van der Waals surface area (Å²) in [4.78, 5) is 18.6. The molecule has 0 radical (unpaired) electrons. The molecule has 0 aliphatic carbocycles. The van der Waals surface area contributed by atoms with Gasteiger partial charge in [0.25, 0.3) is 5.56 Å². The molecule has 0 fully saturated rings. The summed E-state index contributed by atoms with van der Waals surface area (Å²) in [6, 6.07) is 25.5. The minimum absolute atomic E-state index is 0.0970. The van der Waals surface area contributed by atoms with E-state index in [-0.39, 0.29) is 12.4 Å². The van der Waals surface area contributed by atoms with E-state index in [1.165, 1.54) is 0 Å². The number of nitrogens with zero attached hydrogens (tertiary/aromatic N) is 2. The van der Waals surface area contributed by atoms with E-state index in [1.54, 1.807) is 4.57 Å². The van der Waals surface area contributed by atoms with Crippen molar-refractivity contribution in [2.75, 3.05) is 6.79 Å². The number of aromatic nitrogens is 2. The number of hydrogen-bond donors (Lipinski definition) is 0. The second kappa shape index (κ2) is 8.04. The van der Waals surface area contributed by atoms with Gasteiger partial charge in [0.1, 0.15) is 5.82 Å². The molecule has 0 amide bonds. The molecule has 0 unspecified atom stereocenters. The van der Waals surface area contributed by atoms with Crippen LogP contribution >= 0.6 is 22.6 Å². The third-order valence-corrected chi connectivity index (χ3v) is 6.36. The van der Waals surface area contributed by atoms with Gasteiger partial charge in [0.2, 0.25) is 6.79 Å². The Morgan fingerprint density at radius 2 is 1.70 bits per heavy atom. The first-order valence-corrected chi connectivity index (χ1v) is 11.5. The lowest BCUT2D eigenvalue weighted by molar-refractivity contribution is 0.174. The Labute approximate surface area is 203 Å². The summed E-state index contributed by atoms with van der Waals surface area (Å²) in [5.41, 5.74) is 2.31. The molecule has 1 aliphatic rings. The average molecular weight is 544 g/mol. The van der Waals surface area contributed by atoms with Gasteiger partial charge in [-0.25, -0.2) is 4.98 Å². The summed E-state index contributed by atoms with van der Waals surface area (Å²) in [6.45, 7) is 0.230. The van der Waals surface area contributed by atoms with Crippen LogP contribution in [-0.4, -0.2) is 16.3 Å². The summed E-state index contributed by atoms with van der Waals surface area (Å²) >= 11 is 2.22. The zero-order valence-corrected chi connectivity index (χ0v) is 19.5. The van der Waals surface area contributed by atoms with E-state index in [2.05, 4.69) is 22.6 Å². The van der Waals surface area contributed by atoms with Crippen LogP contribution in [0.2, 0.25) is 0 Å². The zero-order valence-electron chi connectivity index (χ0n) is 17.4. The van der Waals surface area contributed by atoms with Gasteiger partial charge in [-0.2, -0.15) is 0 Å². The van der Waals surface area contributed by atoms with E-state index < -0.39 is 0 Å². The molecule has 0 atom stereocenters. The molecule has 0 saturated heterocycles. The van der Waals surface area contributed by atoms with Crippen molar-refractivity contribution < 1.29 is 9.47 Å². The van der Waals surface area contributed by atoms with Crippen LogP contribution in [-0.2, 0) is 0 Å². The Morgan fingerprint density at radius 3 is 2.64 bits per heavy atom. The number of fused-ring (bicyclic) bond motifs is 3. The van der Waals surface area contributed by atoms with Gasteiger partial charge in [0.05, 0.1) is 16.6 Å². The van der Waals surface area contributed by atoms with E-state index in [1.807, 2.05) is 91.0 Å². The maximum Gasteiger partial charge on any atom is 0.266 e. The lowest BCUT2D eigenvalue weighted by Gasteiger charge is -2.14. The van der Waals surface area contributed by atoms with Crippen molar-refractivity contribution in [1.29, 1.82) is 0 Å². The molecule has 6 rings (SSSR count). The second-order valence-corrected chi connectivity index (χ2v) is 8.96. The van der Waals surface area contributed by atoms with Gasteiger partial charge < -0.3 is 9.47 Å².